The van der Waals surface area contributed by atoms with Gasteiger partial charge in [-0.3, -0.25) is 4.79 Å². The molecule has 0 heterocycles. The number of sulfonamides is 1. The normalized spacial score (nSPS) is 20.6. The Bertz CT molecular complexity index is 666. The number of carbonyl (C=O) groups is 1. The van der Waals surface area contributed by atoms with Crippen LogP contribution < -0.4 is 10.1 Å². The van der Waals surface area contributed by atoms with Gasteiger partial charge in [-0.05, 0) is 49.4 Å². The maximum absolute atomic E-state index is 12.2. The third kappa shape index (κ3) is 4.30. The van der Waals surface area contributed by atoms with Crippen molar-refractivity contribution in [3.05, 3.63) is 24.3 Å². The summed E-state index contributed by atoms with van der Waals surface area (Å²) < 4.78 is 24.4. The lowest BCUT2D eigenvalue weighted by Crippen LogP contribution is -2.24. The summed E-state index contributed by atoms with van der Waals surface area (Å²) in [5.74, 6) is 0.116. The number of hydrogen-bond donors (Lipinski definition) is 2. The highest BCUT2D eigenvalue weighted by atomic mass is 32.2. The molecule has 0 unspecified atom stereocenters. The Kier molecular flexibility index (Phi) is 5.18. The monoisotopic (exact) mass is 323 g/mol. The summed E-state index contributed by atoms with van der Waals surface area (Å²) in [5, 5.41) is 6.68. The molecule has 1 aliphatic rings. The van der Waals surface area contributed by atoms with Crippen LogP contribution in [-0.2, 0) is 14.8 Å². The molecule has 1 aromatic carbocycles. The van der Waals surface area contributed by atoms with E-state index in [2.05, 4.69) is 22.2 Å². The van der Waals surface area contributed by atoms with Gasteiger partial charge >= 0.3 is 0 Å². The fraction of sp³-hybridized carbons (Fsp3) is 0.467. The van der Waals surface area contributed by atoms with Gasteiger partial charge in [0.25, 0.3) is 10.0 Å². The second kappa shape index (κ2) is 6.91. The van der Waals surface area contributed by atoms with Gasteiger partial charge in [0.1, 0.15) is 0 Å². The Morgan fingerprint density at radius 2 is 1.91 bits per heavy atom. The SMILES string of the molecule is CC(=O)Nc1ccc(S(=O)(=O)N/N=C2/CCCC[C@@H]2C)cc1. The average molecular weight is 323 g/mol. The zero-order valence-electron chi connectivity index (χ0n) is 12.8. The van der Waals surface area contributed by atoms with E-state index in [4.69, 9.17) is 0 Å². The number of benzene rings is 1. The van der Waals surface area contributed by atoms with Crippen molar-refractivity contribution in [1.29, 1.82) is 0 Å². The summed E-state index contributed by atoms with van der Waals surface area (Å²) in [6, 6.07) is 5.98. The van der Waals surface area contributed by atoms with Crippen molar-refractivity contribution in [2.24, 2.45) is 11.0 Å². The Balaban J connectivity index is 2.09. The van der Waals surface area contributed by atoms with E-state index in [1.807, 2.05) is 0 Å². The number of carbonyl (C=O) groups excluding carboxylic acids is 1. The van der Waals surface area contributed by atoms with Crippen molar-refractivity contribution in [1.82, 2.24) is 4.83 Å². The number of anilines is 1. The fourth-order valence-corrected chi connectivity index (χ4v) is 3.27. The number of nitrogens with one attached hydrogen (secondary N) is 2. The van der Waals surface area contributed by atoms with Gasteiger partial charge < -0.3 is 5.32 Å². The predicted molar refractivity (Wildman–Crippen MR) is 86.1 cm³/mol. The standard InChI is InChI=1S/C15H21N3O3S/c1-11-5-3-4-6-15(11)17-18-22(20,21)14-9-7-13(8-10-14)16-12(2)19/h7-11,18H,3-6H2,1-2H3,(H,16,19)/b17-15-/t11-/m0/s1. The fourth-order valence-electron chi connectivity index (χ4n) is 2.43. The Hall–Kier alpha value is -1.89. The predicted octanol–water partition coefficient (Wildman–Crippen LogP) is 2.49. The Morgan fingerprint density at radius 1 is 1.23 bits per heavy atom. The molecule has 2 rings (SSSR count). The minimum atomic E-state index is -3.68. The lowest BCUT2D eigenvalue weighted by molar-refractivity contribution is -0.114. The smallest absolute Gasteiger partial charge is 0.276 e. The van der Waals surface area contributed by atoms with Crippen LogP contribution in [0.2, 0.25) is 0 Å². The highest BCUT2D eigenvalue weighted by Gasteiger charge is 2.18. The molecule has 0 radical (unpaired) electrons. The molecule has 6 nitrogen and oxygen atoms in total. The first-order valence-electron chi connectivity index (χ1n) is 7.34. The first-order valence-corrected chi connectivity index (χ1v) is 8.83. The van der Waals surface area contributed by atoms with Crippen LogP contribution in [0.25, 0.3) is 0 Å². The molecule has 1 atom stereocenters. The number of amides is 1. The van der Waals surface area contributed by atoms with Crippen LogP contribution in [0.1, 0.15) is 39.5 Å². The van der Waals surface area contributed by atoms with E-state index in [1.54, 1.807) is 12.1 Å². The van der Waals surface area contributed by atoms with Gasteiger partial charge in [0.05, 0.1) is 4.90 Å². The summed E-state index contributed by atoms with van der Waals surface area (Å²) in [7, 11) is -3.68. The van der Waals surface area contributed by atoms with Gasteiger partial charge in [-0.2, -0.15) is 13.5 Å². The summed E-state index contributed by atoms with van der Waals surface area (Å²) in [6.45, 7) is 3.46. The summed E-state index contributed by atoms with van der Waals surface area (Å²) in [5.41, 5.74) is 1.46. The van der Waals surface area contributed by atoms with E-state index >= 15 is 0 Å². The van der Waals surface area contributed by atoms with Gasteiger partial charge in [-0.1, -0.05) is 13.3 Å². The van der Waals surface area contributed by atoms with Crippen molar-refractivity contribution in [2.45, 2.75) is 44.4 Å². The van der Waals surface area contributed by atoms with Crippen LogP contribution >= 0.6 is 0 Å². The minimum Gasteiger partial charge on any atom is -0.326 e. The maximum Gasteiger partial charge on any atom is 0.276 e. The van der Waals surface area contributed by atoms with Crippen LogP contribution in [-0.4, -0.2) is 20.0 Å². The lowest BCUT2D eigenvalue weighted by atomic mass is 9.89. The van der Waals surface area contributed by atoms with Crippen LogP contribution in [0.15, 0.2) is 34.3 Å². The highest BCUT2D eigenvalue weighted by molar-refractivity contribution is 7.89. The molecule has 1 saturated carbocycles. The van der Waals surface area contributed by atoms with E-state index in [9.17, 15) is 13.2 Å². The molecule has 1 amide bonds. The van der Waals surface area contributed by atoms with Crippen molar-refractivity contribution >= 4 is 27.3 Å². The molecule has 7 heteroatoms. The van der Waals surface area contributed by atoms with E-state index in [0.717, 1.165) is 31.4 Å². The number of nitrogens with zero attached hydrogens (tertiary/aromatic N) is 1. The minimum absolute atomic E-state index is 0.120. The zero-order chi connectivity index (χ0) is 16.2. The average Bonchev–Trinajstić information content (AvgIpc) is 2.46. The van der Waals surface area contributed by atoms with Crippen LogP contribution in [0.3, 0.4) is 0 Å². The molecule has 2 N–H and O–H groups in total. The largest absolute Gasteiger partial charge is 0.326 e. The topological polar surface area (TPSA) is 87.6 Å². The number of hydrazone groups is 1. The van der Waals surface area contributed by atoms with Crippen LogP contribution in [0.5, 0.6) is 0 Å². The van der Waals surface area contributed by atoms with E-state index in [1.165, 1.54) is 19.1 Å². The first-order chi connectivity index (χ1) is 10.4. The maximum atomic E-state index is 12.2. The third-order valence-electron chi connectivity index (χ3n) is 3.68. The van der Waals surface area contributed by atoms with Gasteiger partial charge in [-0.15, -0.1) is 0 Å². The van der Waals surface area contributed by atoms with E-state index in [0.29, 0.717) is 11.6 Å². The zero-order valence-corrected chi connectivity index (χ0v) is 13.6. The Morgan fingerprint density at radius 3 is 2.50 bits per heavy atom. The van der Waals surface area contributed by atoms with Crippen LogP contribution in [0, 0.1) is 5.92 Å². The lowest BCUT2D eigenvalue weighted by Gasteiger charge is -2.20. The number of hydrogen-bond acceptors (Lipinski definition) is 4. The molecule has 0 bridgehead atoms. The molecule has 0 spiro atoms. The summed E-state index contributed by atoms with van der Waals surface area (Å²) in [4.78, 5) is 13.4. The van der Waals surface area contributed by atoms with Gasteiger partial charge in [0, 0.05) is 18.3 Å². The number of rotatable bonds is 4. The van der Waals surface area contributed by atoms with Gasteiger partial charge in [-0.25, -0.2) is 4.83 Å². The molecule has 1 fully saturated rings. The van der Waals surface area contributed by atoms with Crippen molar-refractivity contribution in [3.8, 4) is 0 Å². The quantitative estimate of drug-likeness (QED) is 0.834. The van der Waals surface area contributed by atoms with Gasteiger partial charge in [0.2, 0.25) is 5.91 Å². The molecule has 0 aromatic heterocycles. The molecule has 22 heavy (non-hydrogen) atoms. The molecular weight excluding hydrogens is 302 g/mol. The summed E-state index contributed by atoms with van der Waals surface area (Å²) in [6.07, 6.45) is 4.10. The molecule has 120 valence electrons. The van der Waals surface area contributed by atoms with E-state index < -0.39 is 10.0 Å². The van der Waals surface area contributed by atoms with Crippen molar-refractivity contribution in [2.75, 3.05) is 5.32 Å². The van der Waals surface area contributed by atoms with Gasteiger partial charge in [0.15, 0.2) is 0 Å². The molecule has 0 aliphatic heterocycles. The van der Waals surface area contributed by atoms with E-state index in [-0.39, 0.29) is 10.8 Å². The molecular formula is C15H21N3O3S. The second-order valence-corrected chi connectivity index (χ2v) is 7.21. The third-order valence-corrected chi connectivity index (χ3v) is 4.91. The van der Waals surface area contributed by atoms with Crippen LogP contribution in [0.4, 0.5) is 5.69 Å². The van der Waals surface area contributed by atoms with Crippen molar-refractivity contribution < 1.29 is 13.2 Å². The Labute approximate surface area is 131 Å². The first kappa shape index (κ1) is 16.5. The summed E-state index contributed by atoms with van der Waals surface area (Å²) >= 11 is 0. The second-order valence-electron chi connectivity index (χ2n) is 5.55. The molecule has 0 saturated heterocycles. The highest BCUT2D eigenvalue weighted by Crippen LogP contribution is 2.21. The van der Waals surface area contributed by atoms with Crippen molar-refractivity contribution in [3.63, 3.8) is 0 Å². The molecule has 1 aliphatic carbocycles. The molecule has 1 aromatic rings.